The molecule has 1 aliphatic heterocycles. The van der Waals surface area contributed by atoms with Crippen molar-refractivity contribution in [2.24, 2.45) is 0 Å². The molecule has 0 bridgehead atoms. The molecular weight excluding hydrogens is 318 g/mol. The van der Waals surface area contributed by atoms with E-state index >= 15 is 0 Å². The first-order chi connectivity index (χ1) is 11.1. The fraction of sp³-hybridized carbons (Fsp3) is 0.375. The van der Waals surface area contributed by atoms with Gasteiger partial charge < -0.3 is 9.47 Å². The van der Waals surface area contributed by atoms with Gasteiger partial charge in [0.2, 0.25) is 0 Å². The van der Waals surface area contributed by atoms with Gasteiger partial charge in [-0.15, -0.1) is 0 Å². The monoisotopic (exact) mass is 337 g/mol. The fourth-order valence-electron chi connectivity index (χ4n) is 2.72. The highest BCUT2D eigenvalue weighted by molar-refractivity contribution is 7.86. The SMILES string of the molecule is O=S(=O)(O)c1cccc2cccc(OCCN3CCOCC3)c12. The van der Waals surface area contributed by atoms with Crippen molar-refractivity contribution in [2.75, 3.05) is 39.5 Å². The predicted octanol–water partition coefficient (Wildman–Crippen LogP) is 1.80. The summed E-state index contributed by atoms with van der Waals surface area (Å²) in [5.74, 6) is 0.462. The van der Waals surface area contributed by atoms with Gasteiger partial charge in [0.05, 0.1) is 13.2 Å². The van der Waals surface area contributed by atoms with Crippen LogP contribution < -0.4 is 4.74 Å². The molecule has 1 N–H and O–H groups in total. The molecule has 2 aromatic rings. The number of ether oxygens (including phenoxy) is 2. The first kappa shape index (κ1) is 16.2. The minimum absolute atomic E-state index is 0.128. The number of benzene rings is 2. The van der Waals surface area contributed by atoms with Gasteiger partial charge in [-0.2, -0.15) is 8.42 Å². The highest BCUT2D eigenvalue weighted by Crippen LogP contribution is 2.31. The second-order valence-electron chi connectivity index (χ2n) is 5.39. The van der Waals surface area contributed by atoms with E-state index in [9.17, 15) is 13.0 Å². The van der Waals surface area contributed by atoms with Gasteiger partial charge in [-0.05, 0) is 17.5 Å². The molecule has 0 spiro atoms. The second kappa shape index (κ2) is 6.84. The molecule has 6 nitrogen and oxygen atoms in total. The van der Waals surface area contributed by atoms with Gasteiger partial charge in [-0.25, -0.2) is 0 Å². The van der Waals surface area contributed by atoms with Gasteiger partial charge in [-0.3, -0.25) is 9.45 Å². The van der Waals surface area contributed by atoms with Crippen LogP contribution in [0.3, 0.4) is 0 Å². The Kier molecular flexibility index (Phi) is 4.82. The van der Waals surface area contributed by atoms with Crippen LogP contribution in [-0.2, 0) is 14.9 Å². The highest BCUT2D eigenvalue weighted by atomic mass is 32.2. The molecule has 23 heavy (non-hydrogen) atoms. The maximum Gasteiger partial charge on any atom is 0.295 e. The zero-order valence-corrected chi connectivity index (χ0v) is 13.5. The third-order valence-electron chi connectivity index (χ3n) is 3.87. The van der Waals surface area contributed by atoms with Crippen LogP contribution in [0.2, 0.25) is 0 Å². The summed E-state index contributed by atoms with van der Waals surface area (Å²) in [6.07, 6.45) is 0. The minimum Gasteiger partial charge on any atom is -0.492 e. The molecule has 0 amide bonds. The Morgan fingerprint density at radius 3 is 2.52 bits per heavy atom. The number of nitrogens with zero attached hydrogens (tertiary/aromatic N) is 1. The smallest absolute Gasteiger partial charge is 0.295 e. The van der Waals surface area contributed by atoms with Crippen LogP contribution in [0.5, 0.6) is 5.75 Å². The molecule has 1 fully saturated rings. The Morgan fingerprint density at radius 1 is 1.13 bits per heavy atom. The summed E-state index contributed by atoms with van der Waals surface area (Å²) in [6.45, 7) is 4.37. The van der Waals surface area contributed by atoms with Crippen molar-refractivity contribution in [3.05, 3.63) is 36.4 Å². The van der Waals surface area contributed by atoms with E-state index in [2.05, 4.69) is 4.90 Å². The number of hydrogen-bond donors (Lipinski definition) is 1. The maximum atomic E-state index is 11.6. The Balaban J connectivity index is 1.82. The van der Waals surface area contributed by atoms with Gasteiger partial charge in [0.25, 0.3) is 10.1 Å². The Hall–Kier alpha value is -1.67. The Labute approximate surface area is 135 Å². The number of rotatable bonds is 5. The lowest BCUT2D eigenvalue weighted by Crippen LogP contribution is -2.38. The lowest BCUT2D eigenvalue weighted by molar-refractivity contribution is 0.0323. The summed E-state index contributed by atoms with van der Waals surface area (Å²) in [7, 11) is -4.30. The number of hydrogen-bond acceptors (Lipinski definition) is 5. The molecule has 0 unspecified atom stereocenters. The van der Waals surface area contributed by atoms with Crippen molar-refractivity contribution < 1.29 is 22.4 Å². The van der Waals surface area contributed by atoms with Crippen LogP contribution in [-0.4, -0.2) is 57.3 Å². The summed E-state index contributed by atoms with van der Waals surface area (Å²) in [6, 6.07) is 10.1. The van der Waals surface area contributed by atoms with E-state index in [1.807, 2.05) is 0 Å². The van der Waals surface area contributed by atoms with Crippen LogP contribution in [0.25, 0.3) is 10.8 Å². The van der Waals surface area contributed by atoms with Gasteiger partial charge in [0.1, 0.15) is 17.3 Å². The standard InChI is InChI=1S/C16H19NO5S/c18-23(19,20)15-6-2-4-13-3-1-5-14(16(13)15)22-12-9-17-7-10-21-11-8-17/h1-6H,7-12H2,(H,18,19,20). The summed E-state index contributed by atoms with van der Waals surface area (Å²) in [5.41, 5.74) is 0. The number of fused-ring (bicyclic) bond motifs is 1. The molecule has 3 rings (SSSR count). The van der Waals surface area contributed by atoms with E-state index in [0.29, 0.717) is 23.1 Å². The first-order valence-electron chi connectivity index (χ1n) is 7.48. The van der Waals surface area contributed by atoms with Crippen LogP contribution in [0.15, 0.2) is 41.3 Å². The summed E-state index contributed by atoms with van der Waals surface area (Å²) in [5, 5.41) is 1.13. The van der Waals surface area contributed by atoms with Crippen LogP contribution in [0.4, 0.5) is 0 Å². The minimum atomic E-state index is -4.30. The normalized spacial score (nSPS) is 16.6. The quantitative estimate of drug-likeness (QED) is 0.839. The summed E-state index contributed by atoms with van der Waals surface area (Å²) in [4.78, 5) is 2.11. The lowest BCUT2D eigenvalue weighted by Gasteiger charge is -2.26. The van der Waals surface area contributed by atoms with Crippen molar-refractivity contribution >= 4 is 20.9 Å². The van der Waals surface area contributed by atoms with E-state index in [4.69, 9.17) is 9.47 Å². The molecule has 7 heteroatoms. The van der Waals surface area contributed by atoms with E-state index in [-0.39, 0.29) is 4.90 Å². The van der Waals surface area contributed by atoms with Crippen LogP contribution in [0.1, 0.15) is 0 Å². The van der Waals surface area contributed by atoms with Crippen molar-refractivity contribution in [2.45, 2.75) is 4.90 Å². The van der Waals surface area contributed by atoms with E-state index in [0.717, 1.165) is 32.8 Å². The highest BCUT2D eigenvalue weighted by Gasteiger charge is 2.17. The Morgan fingerprint density at radius 2 is 1.83 bits per heavy atom. The van der Waals surface area contributed by atoms with Crippen molar-refractivity contribution in [1.82, 2.24) is 4.90 Å². The third kappa shape index (κ3) is 3.81. The fourth-order valence-corrected chi connectivity index (χ4v) is 3.44. The first-order valence-corrected chi connectivity index (χ1v) is 8.92. The van der Waals surface area contributed by atoms with Crippen molar-refractivity contribution in [1.29, 1.82) is 0 Å². The third-order valence-corrected chi connectivity index (χ3v) is 4.77. The zero-order chi connectivity index (χ0) is 16.3. The van der Waals surface area contributed by atoms with Crippen LogP contribution in [0, 0.1) is 0 Å². The largest absolute Gasteiger partial charge is 0.492 e. The molecule has 0 radical (unpaired) electrons. The molecule has 1 aliphatic rings. The average molecular weight is 337 g/mol. The van der Waals surface area contributed by atoms with Gasteiger partial charge >= 0.3 is 0 Å². The van der Waals surface area contributed by atoms with E-state index in [1.165, 1.54) is 6.07 Å². The molecular formula is C16H19NO5S. The van der Waals surface area contributed by atoms with Crippen molar-refractivity contribution in [3.8, 4) is 5.75 Å². The molecule has 0 aliphatic carbocycles. The molecule has 0 atom stereocenters. The van der Waals surface area contributed by atoms with Gasteiger partial charge in [0, 0.05) is 25.0 Å². The lowest BCUT2D eigenvalue weighted by atomic mass is 10.1. The molecule has 2 aromatic carbocycles. The second-order valence-corrected chi connectivity index (χ2v) is 6.78. The summed E-state index contributed by atoms with van der Waals surface area (Å²) < 4.78 is 43.7. The summed E-state index contributed by atoms with van der Waals surface area (Å²) >= 11 is 0. The number of morpholine rings is 1. The molecule has 0 aromatic heterocycles. The van der Waals surface area contributed by atoms with Crippen molar-refractivity contribution in [3.63, 3.8) is 0 Å². The molecule has 1 heterocycles. The van der Waals surface area contributed by atoms with Gasteiger partial charge in [-0.1, -0.05) is 24.3 Å². The topological polar surface area (TPSA) is 76.1 Å². The zero-order valence-electron chi connectivity index (χ0n) is 12.6. The predicted molar refractivity (Wildman–Crippen MR) is 86.5 cm³/mol. The average Bonchev–Trinajstić information content (AvgIpc) is 2.54. The van der Waals surface area contributed by atoms with Gasteiger partial charge in [0.15, 0.2) is 0 Å². The molecule has 124 valence electrons. The van der Waals surface area contributed by atoms with Crippen LogP contribution >= 0.6 is 0 Å². The van der Waals surface area contributed by atoms with E-state index in [1.54, 1.807) is 30.3 Å². The maximum absolute atomic E-state index is 11.6. The Bertz CT molecular complexity index is 779. The molecule has 1 saturated heterocycles. The van der Waals surface area contributed by atoms with E-state index < -0.39 is 10.1 Å². The molecule has 0 saturated carbocycles.